The van der Waals surface area contributed by atoms with Gasteiger partial charge in [0.15, 0.2) is 0 Å². The minimum atomic E-state index is -0.0274. The van der Waals surface area contributed by atoms with Gasteiger partial charge in [-0.3, -0.25) is 4.79 Å². The lowest BCUT2D eigenvalue weighted by Gasteiger charge is -2.11. The van der Waals surface area contributed by atoms with Crippen LogP contribution < -0.4 is 10.1 Å². The number of nitrogens with zero attached hydrogens (tertiary/aromatic N) is 1. The molecule has 0 aliphatic rings. The molecule has 0 fully saturated rings. The highest BCUT2D eigenvalue weighted by Crippen LogP contribution is 2.21. The summed E-state index contributed by atoms with van der Waals surface area (Å²) in [5.74, 6) is 0.392. The molecule has 0 saturated heterocycles. The van der Waals surface area contributed by atoms with E-state index in [-0.39, 0.29) is 5.91 Å². The van der Waals surface area contributed by atoms with E-state index in [9.17, 15) is 4.79 Å². The van der Waals surface area contributed by atoms with Gasteiger partial charge in [0, 0.05) is 24.2 Å². The number of carbonyl (C=O) groups excluding carboxylic acids is 1. The first-order valence-corrected chi connectivity index (χ1v) is 9.09. The predicted octanol–water partition coefficient (Wildman–Crippen LogP) is 4.22. The minimum absolute atomic E-state index is 0.0274. The van der Waals surface area contributed by atoms with Gasteiger partial charge in [-0.2, -0.15) is 0 Å². The van der Waals surface area contributed by atoms with Crippen molar-refractivity contribution in [2.24, 2.45) is 0 Å². The Hall–Kier alpha value is -1.92. The first kappa shape index (κ1) is 19.4. The number of methoxy groups -OCH3 is 1. The number of unbranched alkanes of at least 4 members (excludes halogenated alkanes) is 1. The van der Waals surface area contributed by atoms with Gasteiger partial charge in [0.25, 0.3) is 0 Å². The summed E-state index contributed by atoms with van der Waals surface area (Å²) in [5, 5.41) is 2.87. The Morgan fingerprint density at radius 3 is 2.72 bits per heavy atom. The zero-order chi connectivity index (χ0) is 17.9. The van der Waals surface area contributed by atoms with E-state index in [4.69, 9.17) is 9.47 Å². The van der Waals surface area contributed by atoms with Gasteiger partial charge >= 0.3 is 0 Å². The molecule has 1 aromatic carbocycles. The Balaban J connectivity index is 1.73. The van der Waals surface area contributed by atoms with Gasteiger partial charge in [0.05, 0.1) is 6.61 Å². The van der Waals surface area contributed by atoms with Crippen molar-refractivity contribution in [1.29, 1.82) is 0 Å². The van der Waals surface area contributed by atoms with Gasteiger partial charge < -0.3 is 14.8 Å². The van der Waals surface area contributed by atoms with Crippen molar-refractivity contribution in [2.45, 2.75) is 25.7 Å². The van der Waals surface area contributed by atoms with E-state index >= 15 is 0 Å². The fraction of sp³-hybridized carbons (Fsp3) is 0.368. The van der Waals surface area contributed by atoms with Crippen molar-refractivity contribution in [3.8, 4) is 5.88 Å². The van der Waals surface area contributed by atoms with Crippen LogP contribution >= 0.6 is 15.9 Å². The smallest absolute Gasteiger partial charge is 0.237 e. The lowest BCUT2D eigenvalue weighted by atomic mass is 10.1. The van der Waals surface area contributed by atoms with Crippen LogP contribution in [0, 0.1) is 0 Å². The number of nitrogens with one attached hydrogen (secondary N) is 1. The number of ether oxygens (including phenoxy) is 2. The van der Waals surface area contributed by atoms with Crippen molar-refractivity contribution >= 4 is 27.5 Å². The molecule has 1 amide bonds. The summed E-state index contributed by atoms with van der Waals surface area (Å²) in [6, 6.07) is 11.8. The number of hydrogen-bond donors (Lipinski definition) is 1. The molecule has 0 aliphatic carbocycles. The topological polar surface area (TPSA) is 60.5 Å². The third-order valence-corrected chi connectivity index (χ3v) is 4.13. The Morgan fingerprint density at radius 1 is 1.16 bits per heavy atom. The summed E-state index contributed by atoms with van der Waals surface area (Å²) in [6.45, 7) is 0.865. The third-order valence-electron chi connectivity index (χ3n) is 3.60. The van der Waals surface area contributed by atoms with Crippen LogP contribution in [-0.4, -0.2) is 31.2 Å². The molecule has 5 nitrogen and oxygen atoms in total. The van der Waals surface area contributed by atoms with Crippen molar-refractivity contribution < 1.29 is 14.3 Å². The number of rotatable bonds is 10. The first-order valence-electron chi connectivity index (χ1n) is 8.30. The van der Waals surface area contributed by atoms with Crippen LogP contribution in [0.3, 0.4) is 0 Å². The molecule has 1 aromatic heterocycles. The summed E-state index contributed by atoms with van der Waals surface area (Å²) < 4.78 is 11.5. The van der Waals surface area contributed by atoms with Gasteiger partial charge in [-0.15, -0.1) is 0 Å². The van der Waals surface area contributed by atoms with Crippen LogP contribution in [0.2, 0.25) is 0 Å². The Labute approximate surface area is 156 Å². The van der Waals surface area contributed by atoms with E-state index in [1.165, 1.54) is 5.56 Å². The summed E-state index contributed by atoms with van der Waals surface area (Å²) >= 11 is 3.43. The number of aryl methyl sites for hydroxylation is 1. The van der Waals surface area contributed by atoms with Gasteiger partial charge in [0.1, 0.15) is 12.3 Å². The molecule has 0 spiro atoms. The molecule has 0 unspecified atom stereocenters. The number of benzene rings is 1. The number of hydrogen-bond acceptors (Lipinski definition) is 4. The van der Waals surface area contributed by atoms with Crippen molar-refractivity contribution in [3.05, 3.63) is 52.6 Å². The van der Waals surface area contributed by atoms with Crippen LogP contribution in [0.1, 0.15) is 24.8 Å². The lowest BCUT2D eigenvalue weighted by molar-refractivity contribution is -0.116. The average Bonchev–Trinajstić information content (AvgIpc) is 2.62. The summed E-state index contributed by atoms with van der Waals surface area (Å²) in [5.41, 5.74) is 1.88. The molecule has 1 N–H and O–H groups in total. The maximum atomic E-state index is 12.1. The van der Waals surface area contributed by atoms with E-state index in [1.54, 1.807) is 25.4 Å². The molecular formula is C19H23BrN2O3. The minimum Gasteiger partial charge on any atom is -0.474 e. The molecule has 1 heterocycles. The maximum Gasteiger partial charge on any atom is 0.237 e. The summed E-state index contributed by atoms with van der Waals surface area (Å²) in [7, 11) is 1.61. The second kappa shape index (κ2) is 10.8. The summed E-state index contributed by atoms with van der Waals surface area (Å²) in [4.78, 5) is 16.3. The van der Waals surface area contributed by atoms with Crippen molar-refractivity contribution in [2.75, 3.05) is 25.6 Å². The van der Waals surface area contributed by atoms with Gasteiger partial charge in [0.2, 0.25) is 11.8 Å². The molecule has 2 rings (SSSR count). The van der Waals surface area contributed by atoms with Crippen LogP contribution in [0.25, 0.3) is 0 Å². The van der Waals surface area contributed by atoms with Gasteiger partial charge in [-0.05, 0) is 49.1 Å². The Bertz CT molecular complexity index is 662. The number of carbonyl (C=O) groups is 1. The lowest BCUT2D eigenvalue weighted by Crippen LogP contribution is -2.14. The maximum absolute atomic E-state index is 12.1. The van der Waals surface area contributed by atoms with Gasteiger partial charge in [-0.25, -0.2) is 4.98 Å². The third kappa shape index (κ3) is 7.23. The number of amides is 1. The van der Waals surface area contributed by atoms with Crippen LogP contribution in [0.15, 0.2) is 47.1 Å². The zero-order valence-corrected chi connectivity index (χ0v) is 15.9. The molecule has 0 bridgehead atoms. The normalized spacial score (nSPS) is 10.5. The number of pyridine rings is 1. The first-order chi connectivity index (χ1) is 12.2. The van der Waals surface area contributed by atoms with Crippen molar-refractivity contribution in [1.82, 2.24) is 4.98 Å². The van der Waals surface area contributed by atoms with Crippen molar-refractivity contribution in [3.63, 3.8) is 0 Å². The second-order valence-corrected chi connectivity index (χ2v) is 6.49. The van der Waals surface area contributed by atoms with Gasteiger partial charge in [-0.1, -0.05) is 28.1 Å². The molecule has 0 saturated carbocycles. The number of halogens is 1. The monoisotopic (exact) mass is 406 g/mol. The molecule has 0 atom stereocenters. The molecule has 6 heteroatoms. The van der Waals surface area contributed by atoms with E-state index in [0.29, 0.717) is 31.2 Å². The highest BCUT2D eigenvalue weighted by atomic mass is 79.9. The standard InChI is InChI=1S/C19H23BrN2O3/c1-24-13-14-25-19-17(6-4-12-21-19)22-18(23)7-3-2-5-15-8-10-16(20)11-9-15/h4,6,8-12H,2-3,5,7,13-14H2,1H3,(H,22,23). The van der Waals surface area contributed by atoms with E-state index in [0.717, 1.165) is 23.7 Å². The Kier molecular flexibility index (Phi) is 8.42. The average molecular weight is 407 g/mol. The zero-order valence-electron chi connectivity index (χ0n) is 14.3. The molecular weight excluding hydrogens is 384 g/mol. The molecule has 134 valence electrons. The quantitative estimate of drug-likeness (QED) is 0.599. The fourth-order valence-electron chi connectivity index (χ4n) is 2.30. The van der Waals surface area contributed by atoms with Crippen LogP contribution in [0.4, 0.5) is 5.69 Å². The molecule has 2 aromatic rings. The fourth-order valence-corrected chi connectivity index (χ4v) is 2.57. The van der Waals surface area contributed by atoms with Crippen LogP contribution in [0.5, 0.6) is 5.88 Å². The Morgan fingerprint density at radius 2 is 1.96 bits per heavy atom. The van der Waals surface area contributed by atoms with E-state index in [1.807, 2.05) is 12.1 Å². The molecule has 25 heavy (non-hydrogen) atoms. The number of anilines is 1. The number of aromatic nitrogens is 1. The SMILES string of the molecule is COCCOc1ncccc1NC(=O)CCCCc1ccc(Br)cc1. The predicted molar refractivity (Wildman–Crippen MR) is 102 cm³/mol. The van der Waals surface area contributed by atoms with E-state index in [2.05, 4.69) is 38.4 Å². The second-order valence-electron chi connectivity index (χ2n) is 5.58. The largest absolute Gasteiger partial charge is 0.474 e. The summed E-state index contributed by atoms with van der Waals surface area (Å²) in [6.07, 6.45) is 4.89. The highest BCUT2D eigenvalue weighted by molar-refractivity contribution is 9.10. The highest BCUT2D eigenvalue weighted by Gasteiger charge is 2.08. The van der Waals surface area contributed by atoms with Crippen LogP contribution in [-0.2, 0) is 16.0 Å². The molecule has 0 aliphatic heterocycles. The molecule has 0 radical (unpaired) electrons. The van der Waals surface area contributed by atoms with E-state index < -0.39 is 0 Å².